The van der Waals surface area contributed by atoms with Crippen LogP contribution in [0.1, 0.15) is 44.1 Å². The summed E-state index contributed by atoms with van der Waals surface area (Å²) >= 11 is 6.50. The normalized spacial score (nSPS) is 26.4. The Kier molecular flexibility index (Phi) is 4.47. The number of rotatable bonds is 3. The molecular formula is C16H24ClN3. The summed E-state index contributed by atoms with van der Waals surface area (Å²) in [6, 6.07) is 2.73. The molecule has 0 aromatic carbocycles. The Balaban J connectivity index is 1.83. The third-order valence-electron chi connectivity index (χ3n) is 4.77. The van der Waals surface area contributed by atoms with Crippen LogP contribution < -0.4 is 10.2 Å². The van der Waals surface area contributed by atoms with E-state index in [0.717, 1.165) is 35.4 Å². The number of fused-ring (bicyclic) bond motifs is 1. The number of nitrogens with one attached hydrogen (secondary N) is 1. The largest absolute Gasteiger partial charge is 0.352 e. The maximum Gasteiger partial charge on any atom is 0.147 e. The second-order valence-electron chi connectivity index (χ2n) is 6.13. The van der Waals surface area contributed by atoms with Crippen LogP contribution >= 0.6 is 11.6 Å². The molecule has 2 aliphatic rings. The van der Waals surface area contributed by atoms with E-state index in [4.69, 9.17) is 11.6 Å². The monoisotopic (exact) mass is 293 g/mol. The fourth-order valence-electron chi connectivity index (χ4n) is 3.87. The Morgan fingerprint density at radius 3 is 2.90 bits per heavy atom. The molecule has 1 saturated carbocycles. The van der Waals surface area contributed by atoms with E-state index in [-0.39, 0.29) is 0 Å². The van der Waals surface area contributed by atoms with Gasteiger partial charge < -0.3 is 10.2 Å². The molecule has 0 unspecified atom stereocenters. The van der Waals surface area contributed by atoms with E-state index in [1.807, 2.05) is 13.2 Å². The molecule has 0 bridgehead atoms. The average molecular weight is 294 g/mol. The van der Waals surface area contributed by atoms with Crippen LogP contribution in [-0.4, -0.2) is 24.6 Å². The topological polar surface area (TPSA) is 28.2 Å². The number of aromatic nitrogens is 1. The molecule has 1 aliphatic heterocycles. The highest BCUT2D eigenvalue weighted by molar-refractivity contribution is 6.33. The van der Waals surface area contributed by atoms with Gasteiger partial charge in [0.05, 0.1) is 5.02 Å². The van der Waals surface area contributed by atoms with Gasteiger partial charge in [-0.3, -0.25) is 0 Å². The number of piperidine rings is 1. The van der Waals surface area contributed by atoms with Crippen LogP contribution in [0.3, 0.4) is 0 Å². The lowest BCUT2D eigenvalue weighted by Crippen LogP contribution is -2.47. The van der Waals surface area contributed by atoms with E-state index < -0.39 is 0 Å². The smallest absolute Gasteiger partial charge is 0.147 e. The van der Waals surface area contributed by atoms with Crippen LogP contribution in [0.15, 0.2) is 12.3 Å². The van der Waals surface area contributed by atoms with Crippen LogP contribution in [0.2, 0.25) is 5.02 Å². The van der Waals surface area contributed by atoms with E-state index in [2.05, 4.69) is 21.3 Å². The zero-order valence-electron chi connectivity index (χ0n) is 12.2. The molecule has 1 N–H and O–H groups in total. The predicted molar refractivity (Wildman–Crippen MR) is 84.3 cm³/mol. The van der Waals surface area contributed by atoms with Crippen molar-refractivity contribution in [1.82, 2.24) is 10.3 Å². The molecule has 1 aromatic rings. The average Bonchev–Trinajstić information content (AvgIpc) is 2.47. The van der Waals surface area contributed by atoms with Crippen molar-refractivity contribution < 1.29 is 0 Å². The van der Waals surface area contributed by atoms with Crippen LogP contribution in [0.5, 0.6) is 0 Å². The second kappa shape index (κ2) is 6.31. The molecule has 1 saturated heterocycles. The van der Waals surface area contributed by atoms with E-state index in [0.29, 0.717) is 6.04 Å². The fourth-order valence-corrected chi connectivity index (χ4v) is 4.17. The van der Waals surface area contributed by atoms with Crippen LogP contribution in [0.4, 0.5) is 5.82 Å². The van der Waals surface area contributed by atoms with Gasteiger partial charge in [0.25, 0.3) is 0 Å². The van der Waals surface area contributed by atoms with E-state index in [1.54, 1.807) is 0 Å². The summed E-state index contributed by atoms with van der Waals surface area (Å²) < 4.78 is 0. The van der Waals surface area contributed by atoms with Gasteiger partial charge in [0.1, 0.15) is 5.82 Å². The highest BCUT2D eigenvalue weighted by Crippen LogP contribution is 2.39. The molecule has 3 nitrogen and oxygen atoms in total. The third kappa shape index (κ3) is 2.79. The first-order chi connectivity index (χ1) is 9.79. The van der Waals surface area contributed by atoms with Crippen molar-refractivity contribution in [3.8, 4) is 0 Å². The van der Waals surface area contributed by atoms with Crippen molar-refractivity contribution in [3.05, 3.63) is 22.8 Å². The third-order valence-corrected chi connectivity index (χ3v) is 5.05. The molecule has 4 heteroatoms. The summed E-state index contributed by atoms with van der Waals surface area (Å²) in [7, 11) is 1.94. The summed E-state index contributed by atoms with van der Waals surface area (Å²) in [5.74, 6) is 1.86. The van der Waals surface area contributed by atoms with E-state index in [1.165, 1.54) is 38.5 Å². The Labute approximate surface area is 126 Å². The number of halogens is 1. The van der Waals surface area contributed by atoms with Gasteiger partial charge >= 0.3 is 0 Å². The van der Waals surface area contributed by atoms with Crippen LogP contribution in [0.25, 0.3) is 0 Å². The Morgan fingerprint density at radius 1 is 1.30 bits per heavy atom. The summed E-state index contributed by atoms with van der Waals surface area (Å²) in [6.45, 7) is 1.93. The Morgan fingerprint density at radius 2 is 2.10 bits per heavy atom. The minimum Gasteiger partial charge on any atom is -0.352 e. The highest BCUT2D eigenvalue weighted by Gasteiger charge is 2.34. The first kappa shape index (κ1) is 14.2. The molecule has 2 heterocycles. The summed E-state index contributed by atoms with van der Waals surface area (Å²) in [5, 5.41) is 3.95. The Bertz CT molecular complexity index is 461. The van der Waals surface area contributed by atoms with Crippen LogP contribution in [0, 0.1) is 5.92 Å². The maximum atomic E-state index is 6.50. The van der Waals surface area contributed by atoms with Crippen molar-refractivity contribution in [2.75, 3.05) is 18.5 Å². The second-order valence-corrected chi connectivity index (χ2v) is 6.53. The quantitative estimate of drug-likeness (QED) is 0.923. The van der Waals surface area contributed by atoms with E-state index >= 15 is 0 Å². The van der Waals surface area contributed by atoms with Gasteiger partial charge in [-0.2, -0.15) is 0 Å². The highest BCUT2D eigenvalue weighted by atomic mass is 35.5. The molecular weight excluding hydrogens is 270 g/mol. The van der Waals surface area contributed by atoms with Crippen molar-refractivity contribution in [2.45, 2.75) is 51.1 Å². The number of nitrogens with zero attached hydrogens (tertiary/aromatic N) is 2. The van der Waals surface area contributed by atoms with Gasteiger partial charge in [-0.15, -0.1) is 0 Å². The SMILES string of the molecule is CNCc1cnc(N2CCC[C@H]3CCCC[C@H]32)c(Cl)c1. The lowest BCUT2D eigenvalue weighted by Gasteiger charge is -2.45. The predicted octanol–water partition coefficient (Wildman–Crippen LogP) is 3.61. The lowest BCUT2D eigenvalue weighted by molar-refractivity contribution is 0.243. The van der Waals surface area contributed by atoms with Crippen molar-refractivity contribution in [1.29, 1.82) is 0 Å². The minimum atomic E-state index is 0.664. The van der Waals surface area contributed by atoms with Crippen LogP contribution in [-0.2, 0) is 6.54 Å². The standard InChI is InChI=1S/C16H24ClN3/c1-18-10-12-9-14(17)16(19-11-12)20-8-4-6-13-5-2-3-7-15(13)20/h9,11,13,15,18H,2-8,10H2,1H3/t13-,15-/m1/s1. The number of anilines is 1. The first-order valence-corrected chi connectivity index (χ1v) is 8.23. The van der Waals surface area contributed by atoms with Gasteiger partial charge in [-0.05, 0) is 50.3 Å². The molecule has 1 aliphatic carbocycles. The molecule has 2 atom stereocenters. The summed E-state index contributed by atoms with van der Waals surface area (Å²) in [6.07, 6.45) is 10.1. The van der Waals surface area contributed by atoms with Gasteiger partial charge in [-0.25, -0.2) is 4.98 Å². The van der Waals surface area contributed by atoms with Gasteiger partial charge in [0.2, 0.25) is 0 Å². The Hall–Kier alpha value is -0.800. The molecule has 2 fully saturated rings. The molecule has 110 valence electrons. The van der Waals surface area contributed by atoms with Gasteiger partial charge in [0, 0.05) is 25.3 Å². The number of hydrogen-bond acceptors (Lipinski definition) is 3. The number of pyridine rings is 1. The van der Waals surface area contributed by atoms with Gasteiger partial charge in [0.15, 0.2) is 0 Å². The molecule has 0 radical (unpaired) electrons. The van der Waals surface area contributed by atoms with Crippen molar-refractivity contribution in [2.24, 2.45) is 5.92 Å². The summed E-state index contributed by atoms with van der Waals surface area (Å²) in [5.41, 5.74) is 1.15. The van der Waals surface area contributed by atoms with E-state index in [9.17, 15) is 0 Å². The molecule has 1 aromatic heterocycles. The molecule has 20 heavy (non-hydrogen) atoms. The van der Waals surface area contributed by atoms with Gasteiger partial charge in [-0.1, -0.05) is 24.4 Å². The van der Waals surface area contributed by atoms with Crippen molar-refractivity contribution in [3.63, 3.8) is 0 Å². The molecule has 0 amide bonds. The minimum absolute atomic E-state index is 0.664. The molecule has 3 rings (SSSR count). The lowest BCUT2D eigenvalue weighted by atomic mass is 9.78. The number of hydrogen-bond donors (Lipinski definition) is 1. The molecule has 0 spiro atoms. The first-order valence-electron chi connectivity index (χ1n) is 7.85. The summed E-state index contributed by atoms with van der Waals surface area (Å²) in [4.78, 5) is 7.15. The van der Waals surface area contributed by atoms with Crippen molar-refractivity contribution >= 4 is 17.4 Å². The maximum absolute atomic E-state index is 6.50. The fraction of sp³-hybridized carbons (Fsp3) is 0.688. The zero-order valence-corrected chi connectivity index (χ0v) is 13.0. The zero-order chi connectivity index (χ0) is 13.9.